The number of nitrogens with zero attached hydrogens (tertiary/aromatic N) is 3. The first kappa shape index (κ1) is 12.9. The third-order valence-corrected chi connectivity index (χ3v) is 4.34. The first-order valence-electron chi connectivity index (χ1n) is 7.45. The Bertz CT molecular complexity index is 414. The van der Waals surface area contributed by atoms with Gasteiger partial charge in [-0.2, -0.15) is 0 Å². The van der Waals surface area contributed by atoms with Crippen molar-refractivity contribution in [3.8, 4) is 0 Å². The fraction of sp³-hybridized carbons (Fsp3) is 0.667. The number of anilines is 1. The molecule has 19 heavy (non-hydrogen) atoms. The Morgan fingerprint density at radius 3 is 2.95 bits per heavy atom. The molecule has 0 bridgehead atoms. The topological polar surface area (TPSA) is 31.4 Å². The normalized spacial score (nSPS) is 24.3. The van der Waals surface area contributed by atoms with E-state index in [0.717, 1.165) is 18.3 Å². The maximum Gasteiger partial charge on any atom is 0.0562 e. The molecule has 1 atom stereocenters. The Morgan fingerprint density at radius 1 is 1.32 bits per heavy atom. The van der Waals surface area contributed by atoms with Crippen molar-refractivity contribution >= 4 is 5.69 Å². The molecule has 0 radical (unpaired) electrons. The van der Waals surface area contributed by atoms with Crippen molar-refractivity contribution in [1.82, 2.24) is 15.2 Å². The van der Waals surface area contributed by atoms with Crippen LogP contribution in [-0.4, -0.2) is 49.2 Å². The number of likely N-dealkylation sites (tertiary alicyclic amines) is 1. The van der Waals surface area contributed by atoms with Crippen molar-refractivity contribution in [3.05, 3.63) is 24.0 Å². The Kier molecular flexibility index (Phi) is 3.99. The lowest BCUT2D eigenvalue weighted by molar-refractivity contribution is 0.260. The van der Waals surface area contributed by atoms with Gasteiger partial charge in [-0.15, -0.1) is 0 Å². The van der Waals surface area contributed by atoms with Gasteiger partial charge in [0.25, 0.3) is 0 Å². The third-order valence-electron chi connectivity index (χ3n) is 4.34. The highest BCUT2D eigenvalue weighted by atomic mass is 15.3. The maximum atomic E-state index is 4.40. The van der Waals surface area contributed by atoms with E-state index in [1.165, 1.54) is 51.1 Å². The molecule has 4 nitrogen and oxygen atoms in total. The number of rotatable bonds is 4. The van der Waals surface area contributed by atoms with Crippen LogP contribution in [0.1, 0.15) is 25.0 Å². The Labute approximate surface area is 115 Å². The second-order valence-electron chi connectivity index (χ2n) is 5.67. The SMILES string of the molecule is CNCc1cc(N2CCC(N3CCCC3)C2)ccn1. The molecule has 4 heteroatoms. The van der Waals surface area contributed by atoms with E-state index < -0.39 is 0 Å². The second kappa shape index (κ2) is 5.88. The van der Waals surface area contributed by atoms with Crippen LogP contribution >= 0.6 is 0 Å². The predicted octanol–water partition coefficient (Wildman–Crippen LogP) is 1.48. The molecular formula is C15H24N4. The summed E-state index contributed by atoms with van der Waals surface area (Å²) in [7, 11) is 1.97. The molecule has 3 heterocycles. The summed E-state index contributed by atoms with van der Waals surface area (Å²) in [5.41, 5.74) is 2.46. The summed E-state index contributed by atoms with van der Waals surface area (Å²) in [5, 5.41) is 3.17. The van der Waals surface area contributed by atoms with Crippen molar-refractivity contribution < 1.29 is 0 Å². The van der Waals surface area contributed by atoms with Gasteiger partial charge in [0.15, 0.2) is 0 Å². The number of nitrogens with one attached hydrogen (secondary N) is 1. The minimum atomic E-state index is 0.767. The monoisotopic (exact) mass is 260 g/mol. The largest absolute Gasteiger partial charge is 0.370 e. The van der Waals surface area contributed by atoms with Crippen LogP contribution in [0.4, 0.5) is 5.69 Å². The van der Waals surface area contributed by atoms with E-state index in [9.17, 15) is 0 Å². The zero-order valence-electron chi connectivity index (χ0n) is 11.8. The molecular weight excluding hydrogens is 236 g/mol. The highest BCUT2D eigenvalue weighted by Gasteiger charge is 2.29. The Balaban J connectivity index is 1.65. The quantitative estimate of drug-likeness (QED) is 0.888. The zero-order valence-corrected chi connectivity index (χ0v) is 11.8. The van der Waals surface area contributed by atoms with E-state index in [0.29, 0.717) is 0 Å². The van der Waals surface area contributed by atoms with E-state index in [-0.39, 0.29) is 0 Å². The molecule has 1 aromatic rings. The zero-order chi connectivity index (χ0) is 13.1. The number of hydrogen-bond donors (Lipinski definition) is 1. The maximum absolute atomic E-state index is 4.40. The minimum Gasteiger partial charge on any atom is -0.370 e. The number of pyridine rings is 1. The van der Waals surface area contributed by atoms with Gasteiger partial charge < -0.3 is 10.2 Å². The van der Waals surface area contributed by atoms with E-state index in [2.05, 4.69) is 32.2 Å². The highest BCUT2D eigenvalue weighted by Crippen LogP contribution is 2.25. The lowest BCUT2D eigenvalue weighted by Gasteiger charge is -2.24. The number of aromatic nitrogens is 1. The standard InChI is InChI=1S/C15H24N4/c1-16-11-13-10-14(4-6-17-13)19-9-5-15(12-19)18-7-2-3-8-18/h4,6,10,15-16H,2-3,5,7-9,11-12H2,1H3. The molecule has 2 fully saturated rings. The van der Waals surface area contributed by atoms with Crippen LogP contribution < -0.4 is 10.2 Å². The van der Waals surface area contributed by atoms with Crippen LogP contribution in [0.3, 0.4) is 0 Å². The summed E-state index contributed by atoms with van der Waals surface area (Å²) >= 11 is 0. The predicted molar refractivity (Wildman–Crippen MR) is 78.4 cm³/mol. The molecule has 104 valence electrons. The van der Waals surface area contributed by atoms with Crippen LogP contribution in [0.5, 0.6) is 0 Å². The van der Waals surface area contributed by atoms with Gasteiger partial charge in [-0.25, -0.2) is 0 Å². The molecule has 2 saturated heterocycles. The molecule has 1 aromatic heterocycles. The van der Waals surface area contributed by atoms with Crippen LogP contribution in [0, 0.1) is 0 Å². The summed E-state index contributed by atoms with van der Waals surface area (Å²) in [6.07, 6.45) is 6.02. The Morgan fingerprint density at radius 2 is 2.16 bits per heavy atom. The summed E-state index contributed by atoms with van der Waals surface area (Å²) in [6.45, 7) is 5.82. The van der Waals surface area contributed by atoms with Gasteiger partial charge in [-0.1, -0.05) is 0 Å². The van der Waals surface area contributed by atoms with Gasteiger partial charge in [0.2, 0.25) is 0 Å². The van der Waals surface area contributed by atoms with Crippen LogP contribution in [-0.2, 0) is 6.54 Å². The minimum absolute atomic E-state index is 0.767. The molecule has 0 spiro atoms. The first-order valence-corrected chi connectivity index (χ1v) is 7.45. The average molecular weight is 260 g/mol. The van der Waals surface area contributed by atoms with Gasteiger partial charge in [0.1, 0.15) is 0 Å². The summed E-state index contributed by atoms with van der Waals surface area (Å²) in [6, 6.07) is 5.14. The molecule has 0 amide bonds. The van der Waals surface area contributed by atoms with Crippen molar-refractivity contribution in [2.75, 3.05) is 38.1 Å². The van der Waals surface area contributed by atoms with Gasteiger partial charge in [0.05, 0.1) is 5.69 Å². The van der Waals surface area contributed by atoms with Gasteiger partial charge in [-0.3, -0.25) is 9.88 Å². The van der Waals surface area contributed by atoms with Crippen LogP contribution in [0.25, 0.3) is 0 Å². The summed E-state index contributed by atoms with van der Waals surface area (Å²) in [4.78, 5) is 9.59. The molecule has 2 aliphatic heterocycles. The molecule has 0 saturated carbocycles. The lowest BCUT2D eigenvalue weighted by Crippen LogP contribution is -2.35. The van der Waals surface area contributed by atoms with Gasteiger partial charge >= 0.3 is 0 Å². The highest BCUT2D eigenvalue weighted by molar-refractivity contribution is 5.47. The van der Waals surface area contributed by atoms with Crippen molar-refractivity contribution in [3.63, 3.8) is 0 Å². The van der Waals surface area contributed by atoms with Crippen molar-refractivity contribution in [2.45, 2.75) is 31.8 Å². The van der Waals surface area contributed by atoms with Crippen molar-refractivity contribution in [1.29, 1.82) is 0 Å². The van der Waals surface area contributed by atoms with Gasteiger partial charge in [-0.05, 0) is 51.5 Å². The molecule has 2 aliphatic rings. The Hall–Kier alpha value is -1.13. The lowest BCUT2D eigenvalue weighted by atomic mass is 10.2. The summed E-state index contributed by atoms with van der Waals surface area (Å²) < 4.78 is 0. The van der Waals surface area contributed by atoms with Crippen molar-refractivity contribution in [2.24, 2.45) is 0 Å². The smallest absolute Gasteiger partial charge is 0.0562 e. The van der Waals surface area contributed by atoms with Gasteiger partial charge in [0, 0.05) is 37.6 Å². The second-order valence-corrected chi connectivity index (χ2v) is 5.67. The average Bonchev–Trinajstić information content (AvgIpc) is 3.11. The fourth-order valence-corrected chi connectivity index (χ4v) is 3.32. The van der Waals surface area contributed by atoms with E-state index in [1.807, 2.05) is 13.2 Å². The van der Waals surface area contributed by atoms with E-state index in [4.69, 9.17) is 0 Å². The number of hydrogen-bond acceptors (Lipinski definition) is 4. The molecule has 3 rings (SSSR count). The molecule has 0 aromatic carbocycles. The van der Waals surface area contributed by atoms with E-state index >= 15 is 0 Å². The van der Waals surface area contributed by atoms with Crippen LogP contribution in [0.2, 0.25) is 0 Å². The molecule has 0 aliphatic carbocycles. The summed E-state index contributed by atoms with van der Waals surface area (Å²) in [5.74, 6) is 0. The molecule has 1 unspecified atom stereocenters. The third kappa shape index (κ3) is 2.90. The fourth-order valence-electron chi connectivity index (χ4n) is 3.32. The van der Waals surface area contributed by atoms with Crippen LogP contribution in [0.15, 0.2) is 18.3 Å². The van der Waals surface area contributed by atoms with E-state index in [1.54, 1.807) is 0 Å². The molecule has 1 N–H and O–H groups in total. The first-order chi connectivity index (χ1) is 9.36.